The molecule has 1 aliphatic heterocycles. The standard InChI is InChI=1S/C15H22N2O2/c1-13(14-5-3-2-4-6-14)11-16-7-9-17(10-8-16)15(19)12-18/h2-6,13,18H,7-12H2,1H3. The lowest BCUT2D eigenvalue weighted by Gasteiger charge is -2.35. The van der Waals surface area contributed by atoms with Crippen LogP contribution in [-0.2, 0) is 4.79 Å². The lowest BCUT2D eigenvalue weighted by molar-refractivity contribution is -0.135. The molecule has 1 amide bonds. The van der Waals surface area contributed by atoms with Gasteiger partial charge in [0, 0.05) is 32.7 Å². The zero-order chi connectivity index (χ0) is 13.7. The lowest BCUT2D eigenvalue weighted by atomic mass is 10.0. The van der Waals surface area contributed by atoms with Gasteiger partial charge in [0.25, 0.3) is 0 Å². The number of hydrogen-bond acceptors (Lipinski definition) is 3. The van der Waals surface area contributed by atoms with Gasteiger partial charge in [-0.3, -0.25) is 9.69 Å². The molecule has 0 radical (unpaired) electrons. The number of rotatable bonds is 4. The van der Waals surface area contributed by atoms with Gasteiger partial charge in [-0.1, -0.05) is 37.3 Å². The molecule has 1 N–H and O–H groups in total. The Kier molecular flexibility index (Phi) is 4.93. The smallest absolute Gasteiger partial charge is 0.248 e. The van der Waals surface area contributed by atoms with Crippen LogP contribution in [0.2, 0.25) is 0 Å². The Labute approximate surface area is 114 Å². The lowest BCUT2D eigenvalue weighted by Crippen LogP contribution is -2.50. The van der Waals surface area contributed by atoms with Crippen molar-refractivity contribution in [3.8, 4) is 0 Å². The summed E-state index contributed by atoms with van der Waals surface area (Å²) in [6.45, 7) is 6.11. The van der Waals surface area contributed by atoms with Crippen LogP contribution in [0, 0.1) is 0 Å². The van der Waals surface area contributed by atoms with Crippen LogP contribution in [0.1, 0.15) is 18.4 Å². The van der Waals surface area contributed by atoms with Crippen molar-refractivity contribution in [1.29, 1.82) is 0 Å². The number of piperazine rings is 1. The van der Waals surface area contributed by atoms with Crippen molar-refractivity contribution in [3.05, 3.63) is 35.9 Å². The molecule has 19 heavy (non-hydrogen) atoms. The van der Waals surface area contributed by atoms with Gasteiger partial charge >= 0.3 is 0 Å². The van der Waals surface area contributed by atoms with Gasteiger partial charge in [-0.15, -0.1) is 0 Å². The number of nitrogens with zero attached hydrogens (tertiary/aromatic N) is 2. The molecule has 2 rings (SSSR count). The summed E-state index contributed by atoms with van der Waals surface area (Å²) in [7, 11) is 0. The molecule has 0 bridgehead atoms. The number of aliphatic hydroxyl groups excluding tert-OH is 1. The van der Waals surface area contributed by atoms with Crippen LogP contribution in [0.25, 0.3) is 0 Å². The SMILES string of the molecule is CC(CN1CCN(C(=O)CO)CC1)c1ccccc1. The second-order valence-corrected chi connectivity index (χ2v) is 5.15. The minimum atomic E-state index is -0.375. The molecule has 1 aromatic rings. The fourth-order valence-corrected chi connectivity index (χ4v) is 2.55. The van der Waals surface area contributed by atoms with Crippen LogP contribution < -0.4 is 0 Å². The molecule has 1 aliphatic rings. The number of aliphatic hydroxyl groups is 1. The van der Waals surface area contributed by atoms with Crippen molar-refractivity contribution in [1.82, 2.24) is 9.80 Å². The third kappa shape index (κ3) is 3.78. The van der Waals surface area contributed by atoms with Gasteiger partial charge in [-0.05, 0) is 11.5 Å². The van der Waals surface area contributed by atoms with Gasteiger partial charge in [0.1, 0.15) is 6.61 Å². The summed E-state index contributed by atoms with van der Waals surface area (Å²) in [5.74, 6) is 0.344. The molecule has 0 spiro atoms. The minimum Gasteiger partial charge on any atom is -0.387 e. The third-order valence-corrected chi connectivity index (χ3v) is 3.76. The van der Waals surface area contributed by atoms with E-state index in [2.05, 4.69) is 36.1 Å². The van der Waals surface area contributed by atoms with Crippen molar-refractivity contribution < 1.29 is 9.90 Å². The molecule has 4 heteroatoms. The highest BCUT2D eigenvalue weighted by atomic mass is 16.3. The first-order chi connectivity index (χ1) is 9.20. The molecule has 1 fully saturated rings. The summed E-state index contributed by atoms with van der Waals surface area (Å²) in [6, 6.07) is 10.5. The van der Waals surface area contributed by atoms with Crippen LogP contribution >= 0.6 is 0 Å². The predicted molar refractivity (Wildman–Crippen MR) is 75.0 cm³/mol. The molecule has 0 saturated carbocycles. The van der Waals surface area contributed by atoms with Crippen molar-refractivity contribution in [3.63, 3.8) is 0 Å². The van der Waals surface area contributed by atoms with Gasteiger partial charge in [-0.25, -0.2) is 0 Å². The molecule has 1 saturated heterocycles. The van der Waals surface area contributed by atoms with Crippen LogP contribution in [0.3, 0.4) is 0 Å². The molecule has 1 atom stereocenters. The highest BCUT2D eigenvalue weighted by Gasteiger charge is 2.21. The quantitative estimate of drug-likeness (QED) is 0.878. The fourth-order valence-electron chi connectivity index (χ4n) is 2.55. The Morgan fingerprint density at radius 2 is 1.84 bits per heavy atom. The van der Waals surface area contributed by atoms with E-state index in [1.54, 1.807) is 4.90 Å². The maximum absolute atomic E-state index is 11.4. The maximum atomic E-state index is 11.4. The number of carbonyl (C=O) groups excluding carboxylic acids is 1. The summed E-state index contributed by atoms with van der Waals surface area (Å²) in [6.07, 6.45) is 0. The van der Waals surface area contributed by atoms with Crippen molar-refractivity contribution in [2.45, 2.75) is 12.8 Å². The van der Waals surface area contributed by atoms with Gasteiger partial charge < -0.3 is 10.0 Å². The molecule has 0 aliphatic carbocycles. The van der Waals surface area contributed by atoms with Gasteiger partial charge in [-0.2, -0.15) is 0 Å². The molecule has 4 nitrogen and oxygen atoms in total. The Morgan fingerprint density at radius 3 is 2.42 bits per heavy atom. The number of hydrogen-bond donors (Lipinski definition) is 1. The Balaban J connectivity index is 1.81. The van der Waals surface area contributed by atoms with Gasteiger partial charge in [0.05, 0.1) is 0 Å². The summed E-state index contributed by atoms with van der Waals surface area (Å²) in [5, 5.41) is 8.84. The maximum Gasteiger partial charge on any atom is 0.248 e. The fraction of sp³-hybridized carbons (Fsp3) is 0.533. The molecule has 104 valence electrons. The van der Waals surface area contributed by atoms with E-state index in [1.165, 1.54) is 5.56 Å². The molecule has 0 aromatic heterocycles. The van der Waals surface area contributed by atoms with Gasteiger partial charge in [0.2, 0.25) is 5.91 Å². The van der Waals surface area contributed by atoms with E-state index in [0.29, 0.717) is 5.92 Å². The first-order valence-electron chi connectivity index (χ1n) is 6.86. The number of carbonyl (C=O) groups is 1. The zero-order valence-electron chi connectivity index (χ0n) is 11.5. The Bertz CT molecular complexity index is 400. The third-order valence-electron chi connectivity index (χ3n) is 3.76. The van der Waals surface area contributed by atoms with Crippen LogP contribution in [0.4, 0.5) is 0 Å². The average molecular weight is 262 g/mol. The minimum absolute atomic E-state index is 0.157. The molecule has 1 aromatic carbocycles. The summed E-state index contributed by atoms with van der Waals surface area (Å²) in [4.78, 5) is 15.5. The first-order valence-corrected chi connectivity index (χ1v) is 6.86. The largest absolute Gasteiger partial charge is 0.387 e. The topological polar surface area (TPSA) is 43.8 Å². The summed E-state index contributed by atoms with van der Waals surface area (Å²) < 4.78 is 0. The second kappa shape index (κ2) is 6.68. The number of benzene rings is 1. The highest BCUT2D eigenvalue weighted by molar-refractivity contribution is 5.77. The van der Waals surface area contributed by atoms with E-state index < -0.39 is 0 Å². The number of amides is 1. The van der Waals surface area contributed by atoms with Crippen LogP contribution in [0.5, 0.6) is 0 Å². The van der Waals surface area contributed by atoms with E-state index in [4.69, 9.17) is 5.11 Å². The van der Waals surface area contributed by atoms with E-state index in [0.717, 1.165) is 32.7 Å². The van der Waals surface area contributed by atoms with E-state index in [1.807, 2.05) is 6.07 Å². The highest BCUT2D eigenvalue weighted by Crippen LogP contribution is 2.17. The van der Waals surface area contributed by atoms with E-state index in [-0.39, 0.29) is 12.5 Å². The summed E-state index contributed by atoms with van der Waals surface area (Å²) in [5.41, 5.74) is 1.36. The first kappa shape index (κ1) is 14.0. The second-order valence-electron chi connectivity index (χ2n) is 5.15. The van der Waals surface area contributed by atoms with Crippen LogP contribution in [0.15, 0.2) is 30.3 Å². The van der Waals surface area contributed by atoms with E-state index >= 15 is 0 Å². The normalized spacial score (nSPS) is 18.3. The van der Waals surface area contributed by atoms with Gasteiger partial charge in [0.15, 0.2) is 0 Å². The molecule has 1 unspecified atom stereocenters. The van der Waals surface area contributed by atoms with Crippen molar-refractivity contribution in [2.75, 3.05) is 39.3 Å². The molecular weight excluding hydrogens is 240 g/mol. The van der Waals surface area contributed by atoms with Crippen molar-refractivity contribution >= 4 is 5.91 Å². The Morgan fingerprint density at radius 1 is 1.21 bits per heavy atom. The van der Waals surface area contributed by atoms with E-state index in [9.17, 15) is 4.79 Å². The Hall–Kier alpha value is -1.39. The molecule has 1 heterocycles. The predicted octanol–water partition coefficient (Wildman–Crippen LogP) is 0.927. The van der Waals surface area contributed by atoms with Crippen LogP contribution in [-0.4, -0.2) is 60.1 Å². The monoisotopic (exact) mass is 262 g/mol. The molecular formula is C15H22N2O2. The summed E-state index contributed by atoms with van der Waals surface area (Å²) >= 11 is 0. The average Bonchev–Trinajstić information content (AvgIpc) is 2.48. The van der Waals surface area contributed by atoms with Crippen molar-refractivity contribution in [2.24, 2.45) is 0 Å². The zero-order valence-corrected chi connectivity index (χ0v) is 11.5.